The molecule has 88 valence electrons. The fourth-order valence-electron chi connectivity index (χ4n) is 1.43. The minimum absolute atomic E-state index is 0.218. The Morgan fingerprint density at radius 2 is 2.18 bits per heavy atom. The average Bonchev–Trinajstić information content (AvgIpc) is 2.33. The van der Waals surface area contributed by atoms with Crippen LogP contribution in [0.15, 0.2) is 46.7 Å². The molecule has 0 amide bonds. The van der Waals surface area contributed by atoms with Crippen molar-refractivity contribution in [2.24, 2.45) is 5.73 Å². The number of nitrogens with zero attached hydrogens (tertiary/aromatic N) is 2. The normalized spacial score (nSPS) is 12.4. The van der Waals surface area contributed by atoms with Crippen LogP contribution in [0.1, 0.15) is 18.5 Å². The quantitative estimate of drug-likeness (QED) is 0.908. The van der Waals surface area contributed by atoms with E-state index >= 15 is 0 Å². The van der Waals surface area contributed by atoms with Gasteiger partial charge < -0.3 is 5.73 Å². The van der Waals surface area contributed by atoms with E-state index < -0.39 is 0 Å². The van der Waals surface area contributed by atoms with E-state index in [0.717, 1.165) is 5.56 Å². The SMILES string of the molecule is CC(N)c1cccc(F)c1Sc1cnccn1. The maximum Gasteiger partial charge on any atom is 0.137 e. The van der Waals surface area contributed by atoms with Crippen molar-refractivity contribution >= 4 is 11.8 Å². The van der Waals surface area contributed by atoms with Gasteiger partial charge >= 0.3 is 0 Å². The second-order valence-corrected chi connectivity index (χ2v) is 4.62. The fraction of sp³-hybridized carbons (Fsp3) is 0.167. The minimum atomic E-state index is -0.282. The molecule has 5 heteroatoms. The van der Waals surface area contributed by atoms with Gasteiger partial charge in [0.1, 0.15) is 10.8 Å². The van der Waals surface area contributed by atoms with Gasteiger partial charge in [-0.25, -0.2) is 9.37 Å². The van der Waals surface area contributed by atoms with E-state index in [1.807, 2.05) is 13.0 Å². The zero-order chi connectivity index (χ0) is 12.3. The summed E-state index contributed by atoms with van der Waals surface area (Å²) in [5.74, 6) is -0.282. The van der Waals surface area contributed by atoms with Gasteiger partial charge in [0.15, 0.2) is 0 Å². The first-order valence-electron chi connectivity index (χ1n) is 5.16. The van der Waals surface area contributed by atoms with Crippen LogP contribution in [-0.4, -0.2) is 9.97 Å². The number of hydrogen-bond donors (Lipinski definition) is 1. The predicted octanol–water partition coefficient (Wildman–Crippen LogP) is 2.79. The first-order chi connectivity index (χ1) is 8.18. The first kappa shape index (κ1) is 12.0. The van der Waals surface area contributed by atoms with E-state index in [4.69, 9.17) is 5.73 Å². The molecule has 1 heterocycles. The summed E-state index contributed by atoms with van der Waals surface area (Å²) in [4.78, 5) is 8.57. The Hall–Kier alpha value is -1.46. The van der Waals surface area contributed by atoms with Crippen molar-refractivity contribution in [3.63, 3.8) is 0 Å². The van der Waals surface area contributed by atoms with E-state index in [-0.39, 0.29) is 11.9 Å². The Balaban J connectivity index is 2.38. The maximum absolute atomic E-state index is 13.8. The molecule has 0 bridgehead atoms. The smallest absolute Gasteiger partial charge is 0.137 e. The molecule has 0 saturated heterocycles. The zero-order valence-corrected chi connectivity index (χ0v) is 10.1. The van der Waals surface area contributed by atoms with Gasteiger partial charge in [-0.3, -0.25) is 4.98 Å². The third kappa shape index (κ3) is 2.81. The Bertz CT molecular complexity index is 502. The molecule has 2 aromatic rings. The number of rotatable bonds is 3. The number of nitrogens with two attached hydrogens (primary N) is 1. The molecule has 0 aliphatic heterocycles. The van der Waals surface area contributed by atoms with E-state index in [1.165, 1.54) is 17.8 Å². The lowest BCUT2D eigenvalue weighted by atomic mass is 10.1. The van der Waals surface area contributed by atoms with Crippen LogP contribution >= 0.6 is 11.8 Å². The zero-order valence-electron chi connectivity index (χ0n) is 9.30. The number of aromatic nitrogens is 2. The molecular weight excluding hydrogens is 237 g/mol. The molecule has 0 aliphatic carbocycles. The van der Waals surface area contributed by atoms with Crippen molar-refractivity contribution in [1.82, 2.24) is 9.97 Å². The highest BCUT2D eigenvalue weighted by molar-refractivity contribution is 7.99. The van der Waals surface area contributed by atoms with E-state index in [0.29, 0.717) is 9.92 Å². The van der Waals surface area contributed by atoms with Crippen molar-refractivity contribution in [2.45, 2.75) is 22.9 Å². The Kier molecular flexibility index (Phi) is 3.71. The van der Waals surface area contributed by atoms with Crippen LogP contribution in [-0.2, 0) is 0 Å². The van der Waals surface area contributed by atoms with Crippen LogP contribution < -0.4 is 5.73 Å². The van der Waals surface area contributed by atoms with Crippen molar-refractivity contribution in [3.8, 4) is 0 Å². The highest BCUT2D eigenvalue weighted by Crippen LogP contribution is 2.33. The molecule has 2 rings (SSSR count). The third-order valence-electron chi connectivity index (χ3n) is 2.23. The van der Waals surface area contributed by atoms with Crippen LogP contribution in [0.25, 0.3) is 0 Å². The second kappa shape index (κ2) is 5.25. The molecule has 0 fully saturated rings. The van der Waals surface area contributed by atoms with Crippen LogP contribution in [0.3, 0.4) is 0 Å². The Morgan fingerprint density at radius 1 is 1.35 bits per heavy atom. The molecule has 1 unspecified atom stereocenters. The highest BCUT2D eigenvalue weighted by atomic mass is 32.2. The molecule has 3 nitrogen and oxygen atoms in total. The molecule has 0 aliphatic rings. The van der Waals surface area contributed by atoms with E-state index in [9.17, 15) is 4.39 Å². The summed E-state index contributed by atoms with van der Waals surface area (Å²) in [6.45, 7) is 1.83. The van der Waals surface area contributed by atoms with E-state index in [1.54, 1.807) is 24.7 Å². The van der Waals surface area contributed by atoms with Crippen molar-refractivity contribution in [3.05, 3.63) is 48.2 Å². The van der Waals surface area contributed by atoms with Gasteiger partial charge in [0.05, 0.1) is 11.1 Å². The van der Waals surface area contributed by atoms with Gasteiger partial charge in [0.25, 0.3) is 0 Å². The largest absolute Gasteiger partial charge is 0.324 e. The number of benzene rings is 1. The van der Waals surface area contributed by atoms with Crippen LogP contribution in [0, 0.1) is 5.82 Å². The monoisotopic (exact) mass is 249 g/mol. The number of halogens is 1. The Morgan fingerprint density at radius 3 is 2.82 bits per heavy atom. The highest BCUT2D eigenvalue weighted by Gasteiger charge is 2.13. The molecule has 1 aromatic heterocycles. The van der Waals surface area contributed by atoms with Gasteiger partial charge in [-0.2, -0.15) is 0 Å². The Labute approximate surface area is 103 Å². The number of hydrogen-bond acceptors (Lipinski definition) is 4. The van der Waals surface area contributed by atoms with Gasteiger partial charge in [-0.15, -0.1) is 0 Å². The molecule has 1 atom stereocenters. The molecular formula is C12H12FN3S. The minimum Gasteiger partial charge on any atom is -0.324 e. The van der Waals surface area contributed by atoms with Gasteiger partial charge in [0.2, 0.25) is 0 Å². The lowest BCUT2D eigenvalue weighted by Gasteiger charge is -2.12. The molecule has 0 spiro atoms. The fourth-order valence-corrected chi connectivity index (χ4v) is 2.41. The third-order valence-corrected chi connectivity index (χ3v) is 3.29. The lowest BCUT2D eigenvalue weighted by molar-refractivity contribution is 0.591. The topological polar surface area (TPSA) is 51.8 Å². The molecule has 0 saturated carbocycles. The van der Waals surface area contributed by atoms with Crippen LogP contribution in [0.2, 0.25) is 0 Å². The van der Waals surface area contributed by atoms with Crippen molar-refractivity contribution < 1.29 is 4.39 Å². The van der Waals surface area contributed by atoms with Gasteiger partial charge in [-0.05, 0) is 18.6 Å². The van der Waals surface area contributed by atoms with E-state index in [2.05, 4.69) is 9.97 Å². The molecule has 17 heavy (non-hydrogen) atoms. The van der Waals surface area contributed by atoms with Gasteiger partial charge in [-0.1, -0.05) is 23.9 Å². The summed E-state index contributed by atoms with van der Waals surface area (Å²) < 4.78 is 13.8. The van der Waals surface area contributed by atoms with Gasteiger partial charge in [0, 0.05) is 18.4 Å². The maximum atomic E-state index is 13.8. The lowest BCUT2D eigenvalue weighted by Crippen LogP contribution is -2.07. The summed E-state index contributed by atoms with van der Waals surface area (Å²) in [6, 6.07) is 4.69. The molecule has 2 N–H and O–H groups in total. The first-order valence-corrected chi connectivity index (χ1v) is 5.98. The van der Waals surface area contributed by atoms with Crippen LogP contribution in [0.4, 0.5) is 4.39 Å². The summed E-state index contributed by atoms with van der Waals surface area (Å²) in [7, 11) is 0. The van der Waals surface area contributed by atoms with Crippen molar-refractivity contribution in [1.29, 1.82) is 0 Å². The standard InChI is InChI=1S/C12H12FN3S/c1-8(14)9-3-2-4-10(13)12(9)17-11-7-15-5-6-16-11/h2-8H,14H2,1H3. The molecule has 0 radical (unpaired) electrons. The summed E-state index contributed by atoms with van der Waals surface area (Å²) in [5.41, 5.74) is 6.60. The summed E-state index contributed by atoms with van der Waals surface area (Å²) in [5, 5.41) is 0.652. The predicted molar refractivity (Wildman–Crippen MR) is 65.2 cm³/mol. The van der Waals surface area contributed by atoms with Crippen LogP contribution in [0.5, 0.6) is 0 Å². The molecule has 1 aromatic carbocycles. The van der Waals surface area contributed by atoms with Crippen molar-refractivity contribution in [2.75, 3.05) is 0 Å². The summed E-state index contributed by atoms with van der Waals surface area (Å²) >= 11 is 1.24. The second-order valence-electron chi connectivity index (χ2n) is 3.59. The summed E-state index contributed by atoms with van der Waals surface area (Å²) in [6.07, 6.45) is 4.76. The average molecular weight is 249 g/mol.